The van der Waals surface area contributed by atoms with E-state index in [0.29, 0.717) is 49.6 Å². The molecule has 12 heteroatoms. The van der Waals surface area contributed by atoms with Gasteiger partial charge < -0.3 is 19.9 Å². The number of unbranched alkanes of at least 4 members (excludes halogenated alkanes) is 1. The Morgan fingerprint density at radius 1 is 1.06 bits per heavy atom. The SMILES string of the molecule is CCc1cc(Nc2cc(=O)n(CCCCN3CCN(c4cc5c(cc4F)c(=O)c(C(=O)O)cn5C4CC4)C(C)C3)c(=O)[nH]2)ccc1C. The number of nitrogens with one attached hydrogen (secondary N) is 2. The zero-order valence-corrected chi connectivity index (χ0v) is 27.0. The van der Waals surface area contributed by atoms with Crippen LogP contribution in [0.15, 0.2) is 57.0 Å². The predicted molar refractivity (Wildman–Crippen MR) is 181 cm³/mol. The first-order chi connectivity index (χ1) is 22.5. The molecule has 6 rings (SSSR count). The van der Waals surface area contributed by atoms with Crippen LogP contribution in [-0.4, -0.2) is 62.3 Å². The molecule has 1 saturated heterocycles. The van der Waals surface area contributed by atoms with Gasteiger partial charge in [-0.25, -0.2) is 14.0 Å². The molecular formula is C35H41FN6O5. The topological polar surface area (TPSA) is 133 Å². The maximum absolute atomic E-state index is 15.5. The van der Waals surface area contributed by atoms with Gasteiger partial charge in [0.2, 0.25) is 5.43 Å². The molecule has 2 aromatic heterocycles. The lowest BCUT2D eigenvalue weighted by Gasteiger charge is -2.41. The average Bonchev–Trinajstić information content (AvgIpc) is 3.87. The van der Waals surface area contributed by atoms with E-state index >= 15 is 4.39 Å². The molecule has 1 unspecified atom stereocenters. The molecule has 2 aromatic carbocycles. The number of H-pyrrole nitrogens is 1. The number of fused-ring (bicyclic) bond motifs is 1. The number of aromatic amines is 1. The van der Waals surface area contributed by atoms with Crippen molar-refractivity contribution in [1.29, 1.82) is 0 Å². The first kappa shape index (κ1) is 32.2. The van der Waals surface area contributed by atoms with Crippen molar-refractivity contribution in [1.82, 2.24) is 19.0 Å². The monoisotopic (exact) mass is 644 g/mol. The second kappa shape index (κ2) is 13.2. The second-order valence-corrected chi connectivity index (χ2v) is 12.8. The van der Waals surface area contributed by atoms with Crippen LogP contribution in [0.5, 0.6) is 0 Å². The van der Waals surface area contributed by atoms with E-state index in [-0.39, 0.29) is 28.6 Å². The average molecular weight is 645 g/mol. The fraction of sp³-hybridized carbons (Fsp3) is 0.429. The summed E-state index contributed by atoms with van der Waals surface area (Å²) in [7, 11) is 0. The van der Waals surface area contributed by atoms with Gasteiger partial charge in [-0.15, -0.1) is 0 Å². The zero-order chi connectivity index (χ0) is 33.4. The van der Waals surface area contributed by atoms with Crippen LogP contribution in [0.3, 0.4) is 0 Å². The predicted octanol–water partition coefficient (Wildman–Crippen LogP) is 4.63. The van der Waals surface area contributed by atoms with Crippen molar-refractivity contribution >= 4 is 34.1 Å². The number of carbonyl (C=O) groups is 1. The van der Waals surface area contributed by atoms with E-state index in [9.17, 15) is 24.3 Å². The molecule has 1 aliphatic heterocycles. The summed E-state index contributed by atoms with van der Waals surface area (Å²) in [6.07, 6.45) is 5.49. The Morgan fingerprint density at radius 2 is 1.83 bits per heavy atom. The number of carboxylic acid groups (broad SMARTS) is 1. The van der Waals surface area contributed by atoms with Crippen molar-refractivity contribution in [3.05, 3.63) is 96.2 Å². The summed E-state index contributed by atoms with van der Waals surface area (Å²) in [5, 5.41) is 12.7. The lowest BCUT2D eigenvalue weighted by Crippen LogP contribution is -2.52. The van der Waals surface area contributed by atoms with Gasteiger partial charge in [-0.3, -0.25) is 24.0 Å². The minimum atomic E-state index is -1.31. The normalized spacial score (nSPS) is 16.9. The lowest BCUT2D eigenvalue weighted by molar-refractivity contribution is 0.0695. The maximum atomic E-state index is 15.5. The minimum absolute atomic E-state index is 0.0115. The number of hydrogen-bond acceptors (Lipinski definition) is 7. The molecule has 11 nitrogen and oxygen atoms in total. The van der Waals surface area contributed by atoms with Crippen molar-refractivity contribution in [2.24, 2.45) is 0 Å². The lowest BCUT2D eigenvalue weighted by atomic mass is 10.1. The van der Waals surface area contributed by atoms with Crippen LogP contribution < -0.4 is 26.9 Å². The molecular weight excluding hydrogens is 603 g/mol. The Hall–Kier alpha value is -4.71. The van der Waals surface area contributed by atoms with Gasteiger partial charge in [0, 0.05) is 61.6 Å². The van der Waals surface area contributed by atoms with E-state index in [2.05, 4.69) is 29.0 Å². The van der Waals surface area contributed by atoms with Gasteiger partial charge in [0.05, 0.1) is 11.2 Å². The number of hydrogen-bond donors (Lipinski definition) is 3. The summed E-state index contributed by atoms with van der Waals surface area (Å²) < 4.78 is 18.5. The Bertz CT molecular complexity index is 1980. The highest BCUT2D eigenvalue weighted by molar-refractivity contribution is 5.93. The summed E-state index contributed by atoms with van der Waals surface area (Å²) in [4.78, 5) is 57.1. The highest BCUT2D eigenvalue weighted by Crippen LogP contribution is 2.38. The molecule has 0 spiro atoms. The highest BCUT2D eigenvalue weighted by atomic mass is 19.1. The van der Waals surface area contributed by atoms with Gasteiger partial charge in [-0.05, 0) is 87.9 Å². The van der Waals surface area contributed by atoms with E-state index in [1.54, 1.807) is 6.07 Å². The number of aryl methyl sites for hydroxylation is 2. The summed E-state index contributed by atoms with van der Waals surface area (Å²) in [6.45, 7) is 9.24. The summed E-state index contributed by atoms with van der Waals surface area (Å²) >= 11 is 0. The first-order valence-corrected chi connectivity index (χ1v) is 16.4. The number of piperazine rings is 1. The molecule has 3 N–H and O–H groups in total. The van der Waals surface area contributed by atoms with Gasteiger partial charge in [0.1, 0.15) is 17.2 Å². The summed E-state index contributed by atoms with van der Waals surface area (Å²) in [5.41, 5.74) is 2.35. The standard InChI is InChI=1S/C35H41FN6O5/c1-4-23-15-24(8-7-21(23)2)37-31-18-32(43)41(35(47)38-31)12-6-5-11-39-13-14-40(22(3)19-39)30-17-29-26(16-28(30)36)33(44)27(34(45)46)20-42(29)25-9-10-25/h7-8,15-18,20,22,25,37H,4-6,9-14,19H2,1-3H3,(H,38,47)(H,45,46). The molecule has 248 valence electrons. The van der Waals surface area contributed by atoms with Crippen molar-refractivity contribution < 1.29 is 14.3 Å². The van der Waals surface area contributed by atoms with Crippen LogP contribution in [0.1, 0.15) is 67.1 Å². The maximum Gasteiger partial charge on any atom is 0.341 e. The number of pyridine rings is 1. The van der Waals surface area contributed by atoms with Crippen molar-refractivity contribution in [3.8, 4) is 0 Å². The minimum Gasteiger partial charge on any atom is -0.477 e. The van der Waals surface area contributed by atoms with Crippen LogP contribution >= 0.6 is 0 Å². The fourth-order valence-electron chi connectivity index (χ4n) is 6.67. The Labute approximate surface area is 271 Å². The Kier molecular flexibility index (Phi) is 9.05. The third-order valence-corrected chi connectivity index (χ3v) is 9.43. The van der Waals surface area contributed by atoms with E-state index in [4.69, 9.17) is 0 Å². The fourth-order valence-corrected chi connectivity index (χ4v) is 6.67. The number of halogens is 1. The van der Waals surface area contributed by atoms with Gasteiger partial charge in [-0.1, -0.05) is 13.0 Å². The van der Waals surface area contributed by atoms with Crippen LogP contribution in [0.25, 0.3) is 10.9 Å². The molecule has 2 fully saturated rings. The van der Waals surface area contributed by atoms with Gasteiger partial charge in [-0.2, -0.15) is 0 Å². The van der Waals surface area contributed by atoms with Gasteiger partial charge >= 0.3 is 11.7 Å². The van der Waals surface area contributed by atoms with Crippen LogP contribution in [0.4, 0.5) is 21.6 Å². The number of aromatic nitrogens is 3. The second-order valence-electron chi connectivity index (χ2n) is 12.8. The highest BCUT2D eigenvalue weighted by Gasteiger charge is 2.30. The molecule has 3 heterocycles. The Morgan fingerprint density at radius 3 is 2.51 bits per heavy atom. The Balaban J connectivity index is 1.06. The number of benzene rings is 2. The van der Waals surface area contributed by atoms with Crippen LogP contribution in [0.2, 0.25) is 0 Å². The number of nitrogens with zero attached hydrogens (tertiary/aromatic N) is 4. The first-order valence-electron chi connectivity index (χ1n) is 16.4. The third-order valence-electron chi connectivity index (χ3n) is 9.43. The molecule has 0 bridgehead atoms. The molecule has 1 atom stereocenters. The number of rotatable bonds is 11. The molecule has 1 aliphatic carbocycles. The molecule has 47 heavy (non-hydrogen) atoms. The molecule has 1 saturated carbocycles. The molecule has 4 aromatic rings. The van der Waals surface area contributed by atoms with E-state index in [1.807, 2.05) is 34.6 Å². The molecule has 0 radical (unpaired) electrons. The van der Waals surface area contributed by atoms with Crippen molar-refractivity contribution in [2.75, 3.05) is 36.4 Å². The quantitative estimate of drug-likeness (QED) is 0.202. The van der Waals surface area contributed by atoms with Crippen LogP contribution in [-0.2, 0) is 13.0 Å². The summed E-state index contributed by atoms with van der Waals surface area (Å²) in [5.74, 6) is -1.49. The van der Waals surface area contributed by atoms with E-state index in [0.717, 1.165) is 37.9 Å². The number of aromatic carboxylic acids is 1. The number of carboxylic acids is 1. The number of anilines is 3. The van der Waals surface area contributed by atoms with Crippen molar-refractivity contribution in [3.63, 3.8) is 0 Å². The van der Waals surface area contributed by atoms with Gasteiger partial charge in [0.15, 0.2) is 0 Å². The van der Waals surface area contributed by atoms with E-state index in [1.165, 1.54) is 34.0 Å². The zero-order valence-electron chi connectivity index (χ0n) is 27.0. The van der Waals surface area contributed by atoms with Crippen LogP contribution in [0, 0.1) is 12.7 Å². The van der Waals surface area contributed by atoms with E-state index < -0.39 is 22.9 Å². The van der Waals surface area contributed by atoms with Gasteiger partial charge in [0.25, 0.3) is 5.56 Å². The molecule has 2 aliphatic rings. The smallest absolute Gasteiger partial charge is 0.341 e. The third kappa shape index (κ3) is 6.73. The largest absolute Gasteiger partial charge is 0.477 e. The molecule has 0 amide bonds. The summed E-state index contributed by atoms with van der Waals surface area (Å²) in [6, 6.07) is 10.3. The van der Waals surface area contributed by atoms with Crippen molar-refractivity contribution in [2.45, 2.75) is 71.5 Å².